The number of halogens is 3. The summed E-state index contributed by atoms with van der Waals surface area (Å²) in [4.78, 5) is 14.2. The molecule has 0 unspecified atom stereocenters. The maximum atomic E-state index is 12.5. The van der Waals surface area contributed by atoms with Crippen LogP contribution < -0.4 is 34.7 Å². The van der Waals surface area contributed by atoms with Gasteiger partial charge >= 0.3 is 35.7 Å². The Labute approximate surface area is 132 Å². The molecule has 0 bridgehead atoms. The summed E-state index contributed by atoms with van der Waals surface area (Å²) < 4.78 is 37.5. The van der Waals surface area contributed by atoms with Crippen LogP contribution in [0.15, 0.2) is 30.5 Å². The number of aromatic nitrogens is 1. The molecule has 3 nitrogen and oxygen atoms in total. The van der Waals surface area contributed by atoms with Crippen molar-refractivity contribution in [1.29, 1.82) is 0 Å². The van der Waals surface area contributed by atoms with E-state index in [1.54, 1.807) is 0 Å². The first-order valence-electron chi connectivity index (χ1n) is 4.73. The molecule has 1 aromatic heterocycles. The molecule has 8 heteroatoms. The van der Waals surface area contributed by atoms with Crippen molar-refractivity contribution in [2.75, 3.05) is 0 Å². The van der Waals surface area contributed by atoms with Crippen molar-refractivity contribution in [1.82, 2.24) is 4.98 Å². The molecule has 2 aromatic rings. The van der Waals surface area contributed by atoms with Crippen LogP contribution in [0.4, 0.5) is 13.2 Å². The van der Waals surface area contributed by atoms with Crippen molar-refractivity contribution >= 4 is 17.3 Å². The van der Waals surface area contributed by atoms with Gasteiger partial charge in [0.15, 0.2) is 0 Å². The normalized spacial score (nSPS) is 10.9. The van der Waals surface area contributed by atoms with E-state index in [1.165, 1.54) is 12.1 Å². The Morgan fingerprint density at radius 1 is 1.32 bits per heavy atom. The predicted octanol–water partition coefficient (Wildman–Crippen LogP) is -0.804. The molecule has 19 heavy (non-hydrogen) atoms. The fourth-order valence-corrected chi connectivity index (χ4v) is 2.08. The van der Waals surface area contributed by atoms with Gasteiger partial charge < -0.3 is 9.90 Å². The van der Waals surface area contributed by atoms with Gasteiger partial charge in [0.1, 0.15) is 5.01 Å². The average Bonchev–Trinajstić information content (AvgIpc) is 2.77. The van der Waals surface area contributed by atoms with Crippen molar-refractivity contribution in [3.8, 4) is 10.6 Å². The molecule has 1 aromatic carbocycles. The summed E-state index contributed by atoms with van der Waals surface area (Å²) in [5, 5.41) is 10.8. The molecule has 0 spiro atoms. The summed E-state index contributed by atoms with van der Waals surface area (Å²) >= 11 is 0.773. The fraction of sp³-hybridized carbons (Fsp3) is 0.0909. The number of rotatable bonds is 2. The third-order valence-corrected chi connectivity index (χ3v) is 3.17. The molecule has 1 heterocycles. The Bertz CT molecular complexity index is 598. The standard InChI is InChI=1S/C11H6F3NO2S.Na/c12-11(13,14)7-3-1-2-6(4-7)9-15-5-8(18-9)10(16)17;/h1-5H,(H,16,17);/q;+1/p-1. The third kappa shape index (κ3) is 3.79. The SMILES string of the molecule is O=C([O-])c1cnc(-c2cccc(C(F)(F)F)c2)s1.[Na+]. The van der Waals surface area contributed by atoms with Crippen LogP contribution in [-0.4, -0.2) is 11.0 Å². The van der Waals surface area contributed by atoms with E-state index in [2.05, 4.69) is 4.98 Å². The third-order valence-electron chi connectivity index (χ3n) is 2.14. The molecule has 0 saturated carbocycles. The topological polar surface area (TPSA) is 53.0 Å². The van der Waals surface area contributed by atoms with Crippen molar-refractivity contribution in [2.24, 2.45) is 0 Å². The van der Waals surface area contributed by atoms with E-state index in [1.807, 2.05) is 0 Å². The fourth-order valence-electron chi connectivity index (χ4n) is 1.33. The van der Waals surface area contributed by atoms with Gasteiger partial charge in [0.2, 0.25) is 0 Å². The summed E-state index contributed by atoms with van der Waals surface area (Å²) in [5.41, 5.74) is -0.576. The number of nitrogens with zero attached hydrogens (tertiary/aromatic N) is 1. The molecular weight excluding hydrogens is 290 g/mol. The van der Waals surface area contributed by atoms with Gasteiger partial charge in [0.05, 0.1) is 16.4 Å². The number of carbonyl (C=O) groups excluding carboxylic acids is 1. The van der Waals surface area contributed by atoms with Crippen LogP contribution in [0.1, 0.15) is 15.2 Å². The van der Waals surface area contributed by atoms with Gasteiger partial charge in [-0.25, -0.2) is 4.98 Å². The second kappa shape index (κ2) is 6.04. The number of aromatic carboxylic acids is 1. The molecule has 0 N–H and O–H groups in total. The van der Waals surface area contributed by atoms with Gasteiger partial charge in [0, 0.05) is 11.8 Å². The Kier molecular flexibility index (Phi) is 5.14. The van der Waals surface area contributed by atoms with Gasteiger partial charge in [0.25, 0.3) is 0 Å². The van der Waals surface area contributed by atoms with Crippen molar-refractivity contribution < 1.29 is 52.6 Å². The molecule has 0 radical (unpaired) electrons. The van der Waals surface area contributed by atoms with Crippen molar-refractivity contribution in [3.63, 3.8) is 0 Å². The van der Waals surface area contributed by atoms with E-state index in [4.69, 9.17) is 0 Å². The van der Waals surface area contributed by atoms with Crippen LogP contribution >= 0.6 is 11.3 Å². The minimum Gasteiger partial charge on any atom is -0.544 e. The van der Waals surface area contributed by atoms with Crippen LogP contribution in [0.5, 0.6) is 0 Å². The second-order valence-corrected chi connectivity index (χ2v) is 4.43. The summed E-state index contributed by atoms with van der Waals surface area (Å²) in [7, 11) is 0. The molecule has 0 amide bonds. The van der Waals surface area contributed by atoms with Gasteiger partial charge in [-0.1, -0.05) is 12.1 Å². The Morgan fingerprint density at radius 2 is 2.00 bits per heavy atom. The van der Waals surface area contributed by atoms with E-state index >= 15 is 0 Å². The number of carboxylic acid groups (broad SMARTS) is 1. The van der Waals surface area contributed by atoms with E-state index < -0.39 is 17.7 Å². The first-order valence-corrected chi connectivity index (χ1v) is 5.54. The van der Waals surface area contributed by atoms with Gasteiger partial charge in [-0.05, 0) is 12.1 Å². The number of carboxylic acids is 1. The number of benzene rings is 1. The van der Waals surface area contributed by atoms with Crippen LogP contribution in [0.3, 0.4) is 0 Å². The molecular formula is C11H5F3NNaO2S. The molecule has 2 rings (SSSR count). The molecule has 0 fully saturated rings. The zero-order valence-corrected chi connectivity index (χ0v) is 12.5. The van der Waals surface area contributed by atoms with Crippen LogP contribution in [0, 0.1) is 0 Å². The van der Waals surface area contributed by atoms with Crippen molar-refractivity contribution in [2.45, 2.75) is 6.18 Å². The Morgan fingerprint density at radius 3 is 2.53 bits per heavy atom. The smallest absolute Gasteiger partial charge is 0.544 e. The minimum atomic E-state index is -4.44. The number of hydrogen-bond acceptors (Lipinski definition) is 4. The van der Waals surface area contributed by atoms with Crippen molar-refractivity contribution in [3.05, 3.63) is 40.9 Å². The number of thiazole rings is 1. The van der Waals surface area contributed by atoms with E-state index in [9.17, 15) is 23.1 Å². The zero-order valence-electron chi connectivity index (χ0n) is 9.69. The summed E-state index contributed by atoms with van der Waals surface area (Å²) in [6, 6.07) is 4.56. The van der Waals surface area contributed by atoms with Crippen LogP contribution in [0.2, 0.25) is 0 Å². The van der Waals surface area contributed by atoms with Crippen LogP contribution in [-0.2, 0) is 6.18 Å². The summed E-state index contributed by atoms with van der Waals surface area (Å²) in [6.07, 6.45) is -3.37. The van der Waals surface area contributed by atoms with E-state index in [0.717, 1.165) is 29.7 Å². The summed E-state index contributed by atoms with van der Waals surface area (Å²) in [5.74, 6) is -1.40. The van der Waals surface area contributed by atoms with E-state index in [-0.39, 0.29) is 45.0 Å². The molecule has 94 valence electrons. The zero-order chi connectivity index (χ0) is 13.3. The Hall–Kier alpha value is -0.890. The molecule has 0 aliphatic rings. The summed E-state index contributed by atoms with van der Waals surface area (Å²) in [6.45, 7) is 0. The number of alkyl halides is 3. The Balaban J connectivity index is 0.00000180. The minimum absolute atomic E-state index is 0. The molecule has 0 aliphatic carbocycles. The first-order chi connectivity index (χ1) is 8.38. The molecule has 0 saturated heterocycles. The largest absolute Gasteiger partial charge is 1.00 e. The monoisotopic (exact) mass is 295 g/mol. The first kappa shape index (κ1) is 16.2. The number of hydrogen-bond donors (Lipinski definition) is 0. The maximum absolute atomic E-state index is 12.5. The van der Waals surface area contributed by atoms with Crippen LogP contribution in [0.25, 0.3) is 10.6 Å². The van der Waals surface area contributed by atoms with Gasteiger partial charge in [-0.2, -0.15) is 13.2 Å². The van der Waals surface area contributed by atoms with Gasteiger partial charge in [-0.3, -0.25) is 0 Å². The maximum Gasteiger partial charge on any atom is 1.00 e. The predicted molar refractivity (Wildman–Crippen MR) is 56.9 cm³/mol. The molecule has 0 atom stereocenters. The van der Waals surface area contributed by atoms with E-state index in [0.29, 0.717) is 0 Å². The molecule has 0 aliphatic heterocycles. The van der Waals surface area contributed by atoms with Gasteiger partial charge in [-0.15, -0.1) is 11.3 Å². The second-order valence-electron chi connectivity index (χ2n) is 3.40. The quantitative estimate of drug-likeness (QED) is 0.681. The average molecular weight is 295 g/mol. The number of carbonyl (C=O) groups is 1.